The summed E-state index contributed by atoms with van der Waals surface area (Å²) in [6.07, 6.45) is 1.02. The third kappa shape index (κ3) is 3.50. The number of carbonyl (C=O) groups is 1. The molecule has 0 bridgehead atoms. The molecule has 0 aromatic heterocycles. The van der Waals surface area contributed by atoms with Gasteiger partial charge in [0.15, 0.2) is 0 Å². The van der Waals surface area contributed by atoms with Crippen LogP contribution in [0.2, 0.25) is 0 Å². The highest BCUT2D eigenvalue weighted by atomic mass is 32.2. The Morgan fingerprint density at radius 2 is 1.79 bits per heavy atom. The summed E-state index contributed by atoms with van der Waals surface area (Å²) < 4.78 is 41.0. The number of benzene rings is 3. The zero-order chi connectivity index (χ0) is 19.7. The molecule has 3 aromatic carbocycles. The van der Waals surface area contributed by atoms with Gasteiger partial charge in [0.1, 0.15) is 11.9 Å². The minimum absolute atomic E-state index is 0.164. The van der Waals surface area contributed by atoms with Gasteiger partial charge >= 0.3 is 0 Å². The molecule has 1 atom stereocenters. The molecule has 28 heavy (non-hydrogen) atoms. The summed E-state index contributed by atoms with van der Waals surface area (Å²) in [5.74, 6) is -0.919. The van der Waals surface area contributed by atoms with E-state index in [1.54, 1.807) is 24.3 Å². The van der Waals surface area contributed by atoms with Gasteiger partial charge in [-0.15, -0.1) is 0 Å². The van der Waals surface area contributed by atoms with Gasteiger partial charge < -0.3 is 5.32 Å². The Balaban J connectivity index is 1.61. The van der Waals surface area contributed by atoms with E-state index in [1.165, 1.54) is 22.5 Å². The molecule has 1 fully saturated rings. The first-order valence-corrected chi connectivity index (χ1v) is 10.5. The van der Waals surface area contributed by atoms with E-state index in [4.69, 9.17) is 0 Å². The van der Waals surface area contributed by atoms with Gasteiger partial charge in [-0.3, -0.25) is 4.79 Å². The third-order valence-corrected chi connectivity index (χ3v) is 6.83. The number of hydrogen-bond donors (Lipinski definition) is 1. The van der Waals surface area contributed by atoms with Gasteiger partial charge in [0.05, 0.1) is 4.90 Å². The highest BCUT2D eigenvalue weighted by Gasteiger charge is 2.39. The molecule has 1 N–H and O–H groups in total. The quantitative estimate of drug-likeness (QED) is 0.728. The van der Waals surface area contributed by atoms with Crippen molar-refractivity contribution in [3.63, 3.8) is 0 Å². The van der Waals surface area contributed by atoms with E-state index in [-0.39, 0.29) is 11.4 Å². The Kier molecular flexibility index (Phi) is 4.87. The zero-order valence-electron chi connectivity index (χ0n) is 15.0. The molecule has 1 saturated heterocycles. The third-order valence-electron chi connectivity index (χ3n) is 4.93. The molecule has 0 aliphatic carbocycles. The van der Waals surface area contributed by atoms with Crippen LogP contribution in [0.4, 0.5) is 10.1 Å². The number of halogens is 1. The fourth-order valence-electron chi connectivity index (χ4n) is 3.54. The van der Waals surface area contributed by atoms with Crippen LogP contribution in [0.25, 0.3) is 10.8 Å². The summed E-state index contributed by atoms with van der Waals surface area (Å²) in [4.78, 5) is 12.9. The van der Waals surface area contributed by atoms with Crippen LogP contribution in [-0.4, -0.2) is 31.2 Å². The summed E-state index contributed by atoms with van der Waals surface area (Å²) >= 11 is 0. The van der Waals surface area contributed by atoms with Crippen molar-refractivity contribution in [2.75, 3.05) is 11.9 Å². The van der Waals surface area contributed by atoms with Crippen LogP contribution < -0.4 is 5.32 Å². The smallest absolute Gasteiger partial charge is 0.243 e. The predicted octanol–water partition coefficient (Wildman–Crippen LogP) is 3.77. The normalized spacial score (nSPS) is 17.7. The van der Waals surface area contributed by atoms with Crippen molar-refractivity contribution >= 4 is 32.4 Å². The van der Waals surface area contributed by atoms with Crippen LogP contribution in [0.15, 0.2) is 71.6 Å². The van der Waals surface area contributed by atoms with Crippen molar-refractivity contribution in [2.45, 2.75) is 23.8 Å². The van der Waals surface area contributed by atoms with E-state index >= 15 is 0 Å². The fraction of sp³-hybridized carbons (Fsp3) is 0.190. The summed E-state index contributed by atoms with van der Waals surface area (Å²) in [5.41, 5.74) is 0.306. The van der Waals surface area contributed by atoms with Crippen molar-refractivity contribution < 1.29 is 17.6 Å². The summed E-state index contributed by atoms with van der Waals surface area (Å²) in [6, 6.07) is 17.2. The molecule has 4 rings (SSSR count). The summed E-state index contributed by atoms with van der Waals surface area (Å²) in [7, 11) is -3.83. The van der Waals surface area contributed by atoms with Gasteiger partial charge in [0, 0.05) is 12.2 Å². The number of hydrogen-bond acceptors (Lipinski definition) is 3. The number of anilines is 1. The molecule has 0 unspecified atom stereocenters. The molecule has 1 amide bonds. The largest absolute Gasteiger partial charge is 0.325 e. The van der Waals surface area contributed by atoms with Crippen molar-refractivity contribution in [1.82, 2.24) is 4.31 Å². The van der Waals surface area contributed by atoms with Gasteiger partial charge in [0.2, 0.25) is 15.9 Å². The number of nitrogens with zero attached hydrogens (tertiary/aromatic N) is 1. The Morgan fingerprint density at radius 1 is 1.00 bits per heavy atom. The zero-order valence-corrected chi connectivity index (χ0v) is 15.8. The lowest BCUT2D eigenvalue weighted by atomic mass is 10.1. The van der Waals surface area contributed by atoms with E-state index < -0.39 is 27.8 Å². The topological polar surface area (TPSA) is 66.5 Å². The first-order valence-electron chi connectivity index (χ1n) is 9.02. The Hall–Kier alpha value is -2.77. The predicted molar refractivity (Wildman–Crippen MR) is 106 cm³/mol. The first-order chi connectivity index (χ1) is 13.4. The van der Waals surface area contributed by atoms with Gasteiger partial charge in [-0.05, 0) is 53.9 Å². The maximum atomic E-state index is 13.4. The first kappa shape index (κ1) is 18.6. The number of rotatable bonds is 4. The Bertz CT molecular complexity index is 1150. The van der Waals surface area contributed by atoms with Crippen molar-refractivity contribution in [3.8, 4) is 0 Å². The molecule has 0 saturated carbocycles. The monoisotopic (exact) mass is 398 g/mol. The van der Waals surface area contributed by atoms with E-state index in [0.29, 0.717) is 18.5 Å². The molecular formula is C21H19FN2O3S. The molecule has 3 aromatic rings. The van der Waals surface area contributed by atoms with E-state index in [2.05, 4.69) is 5.32 Å². The second kappa shape index (κ2) is 7.33. The molecule has 144 valence electrons. The molecule has 1 aliphatic rings. The lowest BCUT2D eigenvalue weighted by Crippen LogP contribution is -2.43. The van der Waals surface area contributed by atoms with Crippen molar-refractivity contribution in [3.05, 3.63) is 72.5 Å². The molecule has 7 heteroatoms. The van der Waals surface area contributed by atoms with Crippen LogP contribution in [0.1, 0.15) is 12.8 Å². The Morgan fingerprint density at radius 3 is 2.57 bits per heavy atom. The van der Waals surface area contributed by atoms with Gasteiger partial charge in [0.25, 0.3) is 0 Å². The minimum atomic E-state index is -3.83. The average molecular weight is 398 g/mol. The maximum Gasteiger partial charge on any atom is 0.243 e. The number of fused-ring (bicyclic) bond motifs is 1. The van der Waals surface area contributed by atoms with E-state index in [9.17, 15) is 17.6 Å². The number of sulfonamides is 1. The van der Waals surface area contributed by atoms with Crippen LogP contribution >= 0.6 is 0 Å². The molecule has 0 spiro atoms. The van der Waals surface area contributed by atoms with E-state index in [1.807, 2.05) is 24.3 Å². The van der Waals surface area contributed by atoms with Crippen LogP contribution in [0, 0.1) is 5.82 Å². The number of amides is 1. The number of nitrogens with one attached hydrogen (secondary N) is 1. The molecule has 0 radical (unpaired) electrons. The molecule has 5 nitrogen and oxygen atoms in total. The highest BCUT2D eigenvalue weighted by molar-refractivity contribution is 7.89. The second-order valence-electron chi connectivity index (χ2n) is 6.78. The van der Waals surface area contributed by atoms with Crippen molar-refractivity contribution in [2.24, 2.45) is 0 Å². The van der Waals surface area contributed by atoms with E-state index in [0.717, 1.165) is 10.8 Å². The minimum Gasteiger partial charge on any atom is -0.325 e. The average Bonchev–Trinajstić information content (AvgIpc) is 3.18. The van der Waals surface area contributed by atoms with Crippen LogP contribution in [0.5, 0.6) is 0 Å². The fourth-order valence-corrected chi connectivity index (χ4v) is 5.24. The molecule has 1 aliphatic heterocycles. The van der Waals surface area contributed by atoms with Gasteiger partial charge in [-0.25, -0.2) is 12.8 Å². The van der Waals surface area contributed by atoms with Crippen LogP contribution in [0.3, 0.4) is 0 Å². The maximum absolute atomic E-state index is 13.4. The summed E-state index contributed by atoms with van der Waals surface area (Å²) in [5, 5.41) is 4.39. The van der Waals surface area contributed by atoms with Crippen LogP contribution in [-0.2, 0) is 14.8 Å². The molecule has 1 heterocycles. The van der Waals surface area contributed by atoms with Gasteiger partial charge in [-0.1, -0.05) is 36.4 Å². The van der Waals surface area contributed by atoms with Gasteiger partial charge in [-0.2, -0.15) is 4.31 Å². The second-order valence-corrected chi connectivity index (χ2v) is 8.67. The van der Waals surface area contributed by atoms with Crippen molar-refractivity contribution in [1.29, 1.82) is 0 Å². The molecular weight excluding hydrogens is 379 g/mol. The number of carbonyl (C=O) groups excluding carboxylic acids is 1. The summed E-state index contributed by atoms with van der Waals surface area (Å²) in [6.45, 7) is 0.274. The lowest BCUT2D eigenvalue weighted by Gasteiger charge is -2.23. The Labute approximate surface area is 162 Å². The standard InChI is InChI=1S/C21H19FN2O3S/c22-17-7-3-8-18(14-17)23-21(25)20-9-4-12-24(20)28(26,27)19-11-10-15-5-1-2-6-16(15)13-19/h1-3,5-8,10-11,13-14,20H,4,9,12H2,(H,23,25)/t20-/m0/s1. The highest BCUT2D eigenvalue weighted by Crippen LogP contribution is 2.29. The lowest BCUT2D eigenvalue weighted by molar-refractivity contribution is -0.119. The SMILES string of the molecule is O=C(Nc1cccc(F)c1)[C@@H]1CCCN1S(=O)(=O)c1ccc2ccccc2c1.